The first-order valence-corrected chi connectivity index (χ1v) is 8.73. The van der Waals surface area contributed by atoms with Crippen molar-refractivity contribution in [2.24, 2.45) is 0 Å². The van der Waals surface area contributed by atoms with E-state index in [9.17, 15) is 4.79 Å². The van der Waals surface area contributed by atoms with Gasteiger partial charge in [0.15, 0.2) is 5.69 Å². The third-order valence-electron chi connectivity index (χ3n) is 4.63. The number of imidazole rings is 1. The number of hydrogen-bond donors (Lipinski definition) is 2. The van der Waals surface area contributed by atoms with E-state index >= 15 is 0 Å². The van der Waals surface area contributed by atoms with Gasteiger partial charge in [0.2, 0.25) is 5.95 Å². The fourth-order valence-corrected chi connectivity index (χ4v) is 3.27. The Hall–Kier alpha value is -3.32. The molecule has 10 heteroatoms. The summed E-state index contributed by atoms with van der Waals surface area (Å²) in [6.07, 6.45) is 9.79. The number of carbonyl (C=O) groups is 1. The van der Waals surface area contributed by atoms with E-state index in [-0.39, 0.29) is 30.4 Å². The van der Waals surface area contributed by atoms with Crippen LogP contribution in [0.3, 0.4) is 0 Å². The van der Waals surface area contributed by atoms with Crippen LogP contribution in [0.25, 0.3) is 17.0 Å². The predicted octanol–water partition coefficient (Wildman–Crippen LogP) is 1.12. The van der Waals surface area contributed by atoms with Gasteiger partial charge in [0.05, 0.1) is 18.4 Å². The lowest BCUT2D eigenvalue weighted by atomic mass is 9.93. The highest BCUT2D eigenvalue weighted by Crippen LogP contribution is 2.22. The lowest BCUT2D eigenvalue weighted by molar-refractivity contribution is 0.0411. The highest BCUT2D eigenvalue weighted by Gasteiger charge is 2.25. The Balaban J connectivity index is 1.50. The number of hydrogen-bond acceptors (Lipinski definition) is 7. The first-order valence-electron chi connectivity index (χ1n) is 8.73. The smallest absolute Gasteiger partial charge is 0.272 e. The third-order valence-corrected chi connectivity index (χ3v) is 4.63. The van der Waals surface area contributed by atoms with E-state index < -0.39 is 0 Å². The van der Waals surface area contributed by atoms with Gasteiger partial charge in [-0.05, 0) is 25.7 Å². The van der Waals surface area contributed by atoms with Crippen LogP contribution in [-0.4, -0.2) is 54.4 Å². The molecule has 4 rings (SSSR count). The van der Waals surface area contributed by atoms with Crippen molar-refractivity contribution in [3.8, 4) is 12.0 Å². The highest BCUT2D eigenvalue weighted by molar-refractivity contribution is 6.02. The van der Waals surface area contributed by atoms with Gasteiger partial charge in [-0.1, -0.05) is 0 Å². The summed E-state index contributed by atoms with van der Waals surface area (Å²) in [7, 11) is 0. The number of carbonyl (C=O) groups excluding carboxylic acids is 1. The first kappa shape index (κ1) is 17.1. The zero-order valence-corrected chi connectivity index (χ0v) is 14.5. The molecule has 3 aromatic rings. The second-order valence-corrected chi connectivity index (χ2v) is 6.39. The summed E-state index contributed by atoms with van der Waals surface area (Å²) in [6, 6.07) is 2.03. The second kappa shape index (κ2) is 7.51. The van der Waals surface area contributed by atoms with Crippen molar-refractivity contribution in [3.05, 3.63) is 30.6 Å². The SMILES string of the molecule is N#CCOC1CCC(NC(=O)c2nc(-n3ccnc3)nc3cn[nH]c23)CC1. The van der Waals surface area contributed by atoms with Gasteiger partial charge in [-0.15, -0.1) is 0 Å². The van der Waals surface area contributed by atoms with Crippen molar-refractivity contribution in [1.82, 2.24) is 35.0 Å². The molecule has 0 saturated heterocycles. The van der Waals surface area contributed by atoms with E-state index in [1.807, 2.05) is 6.07 Å². The van der Waals surface area contributed by atoms with Gasteiger partial charge >= 0.3 is 0 Å². The standard InChI is InChI=1S/C17H18N8O2/c18-5-8-27-12-3-1-11(2-4-12)21-16(26)15-14-13(9-20-24-14)22-17(23-15)25-7-6-19-10-25/h6-7,9-12H,1-4,8H2,(H,20,24)(H,21,26). The Kier molecular flexibility index (Phi) is 4.76. The summed E-state index contributed by atoms with van der Waals surface area (Å²) in [5.74, 6) is 0.0922. The van der Waals surface area contributed by atoms with Crippen LogP contribution in [0.5, 0.6) is 0 Å². The molecule has 0 unspecified atom stereocenters. The molecule has 27 heavy (non-hydrogen) atoms. The summed E-state index contributed by atoms with van der Waals surface area (Å²) in [4.78, 5) is 25.6. The van der Waals surface area contributed by atoms with Crippen molar-refractivity contribution in [3.63, 3.8) is 0 Å². The molecule has 0 atom stereocenters. The minimum atomic E-state index is -0.269. The number of fused-ring (bicyclic) bond motifs is 1. The molecule has 1 fully saturated rings. The van der Waals surface area contributed by atoms with Crippen molar-refractivity contribution >= 4 is 16.9 Å². The molecule has 1 aliphatic carbocycles. The molecule has 10 nitrogen and oxygen atoms in total. The van der Waals surface area contributed by atoms with E-state index in [0.717, 1.165) is 25.7 Å². The largest absolute Gasteiger partial charge is 0.363 e. The summed E-state index contributed by atoms with van der Waals surface area (Å²) >= 11 is 0. The van der Waals surface area contributed by atoms with Gasteiger partial charge in [0.1, 0.15) is 24.0 Å². The molecule has 1 saturated carbocycles. The number of amides is 1. The van der Waals surface area contributed by atoms with E-state index in [0.29, 0.717) is 17.0 Å². The Morgan fingerprint density at radius 1 is 1.37 bits per heavy atom. The Morgan fingerprint density at radius 2 is 2.22 bits per heavy atom. The van der Waals surface area contributed by atoms with Gasteiger partial charge in [-0.2, -0.15) is 10.4 Å². The normalized spacial score (nSPS) is 19.7. The van der Waals surface area contributed by atoms with Crippen LogP contribution >= 0.6 is 0 Å². The van der Waals surface area contributed by atoms with Gasteiger partial charge in [-0.3, -0.25) is 14.5 Å². The minimum absolute atomic E-state index is 0.0454. The molecule has 1 aliphatic rings. The number of ether oxygens (including phenoxy) is 1. The Bertz CT molecular complexity index is 967. The van der Waals surface area contributed by atoms with Crippen LogP contribution in [0, 0.1) is 11.3 Å². The van der Waals surface area contributed by atoms with E-state index in [1.54, 1.807) is 29.5 Å². The quantitative estimate of drug-likeness (QED) is 0.691. The van der Waals surface area contributed by atoms with Crippen molar-refractivity contribution in [1.29, 1.82) is 5.26 Å². The Labute approximate surface area is 154 Å². The molecular weight excluding hydrogens is 348 g/mol. The predicted molar refractivity (Wildman–Crippen MR) is 93.9 cm³/mol. The Morgan fingerprint density at radius 3 is 2.96 bits per heavy atom. The number of nitriles is 1. The van der Waals surface area contributed by atoms with Gasteiger partial charge < -0.3 is 10.1 Å². The molecular formula is C17H18N8O2. The first-order chi connectivity index (χ1) is 13.2. The number of aromatic nitrogens is 6. The topological polar surface area (TPSA) is 134 Å². The molecule has 0 spiro atoms. The number of aromatic amines is 1. The summed E-state index contributed by atoms with van der Waals surface area (Å²) in [6.45, 7) is 0.109. The van der Waals surface area contributed by atoms with E-state index in [2.05, 4.69) is 30.5 Å². The molecule has 2 N–H and O–H groups in total. The van der Waals surface area contributed by atoms with Crippen molar-refractivity contribution < 1.29 is 9.53 Å². The van der Waals surface area contributed by atoms with Crippen LogP contribution in [0.15, 0.2) is 24.9 Å². The molecule has 3 heterocycles. The maximum absolute atomic E-state index is 12.9. The summed E-state index contributed by atoms with van der Waals surface area (Å²) < 4.78 is 7.10. The number of H-pyrrole nitrogens is 1. The van der Waals surface area contributed by atoms with E-state index in [4.69, 9.17) is 10.00 Å². The number of nitrogens with zero attached hydrogens (tertiary/aromatic N) is 6. The van der Waals surface area contributed by atoms with Crippen LogP contribution in [0.2, 0.25) is 0 Å². The molecule has 138 valence electrons. The fraction of sp³-hybridized carbons (Fsp3) is 0.412. The van der Waals surface area contributed by atoms with Crippen LogP contribution in [-0.2, 0) is 4.74 Å². The molecule has 3 aromatic heterocycles. The van der Waals surface area contributed by atoms with Crippen LogP contribution in [0.1, 0.15) is 36.2 Å². The molecule has 0 aliphatic heterocycles. The van der Waals surface area contributed by atoms with Crippen molar-refractivity contribution in [2.75, 3.05) is 6.61 Å². The summed E-state index contributed by atoms with van der Waals surface area (Å²) in [5.41, 5.74) is 1.32. The van der Waals surface area contributed by atoms with Crippen molar-refractivity contribution in [2.45, 2.75) is 37.8 Å². The lowest BCUT2D eigenvalue weighted by Crippen LogP contribution is -2.39. The molecule has 0 radical (unpaired) electrons. The second-order valence-electron chi connectivity index (χ2n) is 6.39. The lowest BCUT2D eigenvalue weighted by Gasteiger charge is -2.28. The average Bonchev–Trinajstić information content (AvgIpc) is 3.38. The molecule has 1 amide bonds. The van der Waals surface area contributed by atoms with Gasteiger partial charge in [0, 0.05) is 18.4 Å². The molecule has 0 bridgehead atoms. The average molecular weight is 366 g/mol. The third kappa shape index (κ3) is 3.63. The fourth-order valence-electron chi connectivity index (χ4n) is 3.27. The van der Waals surface area contributed by atoms with Gasteiger partial charge in [-0.25, -0.2) is 15.0 Å². The number of nitrogens with one attached hydrogen (secondary N) is 2. The van der Waals surface area contributed by atoms with Gasteiger partial charge in [0.25, 0.3) is 5.91 Å². The zero-order valence-electron chi connectivity index (χ0n) is 14.5. The minimum Gasteiger partial charge on any atom is -0.363 e. The monoisotopic (exact) mass is 366 g/mol. The number of rotatable bonds is 5. The summed E-state index contributed by atoms with van der Waals surface area (Å²) in [5, 5.41) is 18.4. The van der Waals surface area contributed by atoms with Crippen LogP contribution < -0.4 is 5.32 Å². The van der Waals surface area contributed by atoms with Crippen LogP contribution in [0.4, 0.5) is 0 Å². The zero-order chi connectivity index (χ0) is 18.6. The molecule has 0 aromatic carbocycles. The highest BCUT2D eigenvalue weighted by atomic mass is 16.5. The maximum atomic E-state index is 12.9. The van der Waals surface area contributed by atoms with E-state index in [1.165, 1.54) is 0 Å². The maximum Gasteiger partial charge on any atom is 0.272 e.